The third-order valence-electron chi connectivity index (χ3n) is 2.09. The van der Waals surface area contributed by atoms with Crippen LogP contribution in [-0.2, 0) is 16.1 Å². The van der Waals surface area contributed by atoms with E-state index in [1.807, 2.05) is 0 Å². The van der Waals surface area contributed by atoms with E-state index in [4.69, 9.17) is 10.6 Å². The second-order valence-corrected chi connectivity index (χ2v) is 3.36. The monoisotopic (exact) mass is 249 g/mol. The van der Waals surface area contributed by atoms with Crippen LogP contribution in [0.15, 0.2) is 23.4 Å². The Labute approximate surface area is 102 Å². The lowest BCUT2D eigenvalue weighted by Crippen LogP contribution is -2.29. The number of hydrogen-bond donors (Lipinski definition) is 2. The number of carboxylic acid groups (broad SMARTS) is 1. The molecular formula is C10H11N5O3. The summed E-state index contributed by atoms with van der Waals surface area (Å²) in [6, 6.07) is 2.24. The van der Waals surface area contributed by atoms with E-state index in [0.29, 0.717) is 17.7 Å². The highest BCUT2D eigenvalue weighted by Gasteiger charge is 2.16. The van der Waals surface area contributed by atoms with Gasteiger partial charge in [0.05, 0.1) is 18.4 Å². The van der Waals surface area contributed by atoms with Gasteiger partial charge in [-0.3, -0.25) is 4.98 Å². The zero-order valence-electron chi connectivity index (χ0n) is 9.35. The molecule has 1 aromatic rings. The van der Waals surface area contributed by atoms with Crippen LogP contribution in [0.1, 0.15) is 12.1 Å². The third-order valence-corrected chi connectivity index (χ3v) is 2.09. The summed E-state index contributed by atoms with van der Waals surface area (Å²) >= 11 is 0. The Hall–Kier alpha value is -2.60. The van der Waals surface area contributed by atoms with Crippen molar-refractivity contribution in [3.8, 4) is 0 Å². The number of anilines is 1. The summed E-state index contributed by atoms with van der Waals surface area (Å²) in [6.45, 7) is 0.132. The van der Waals surface area contributed by atoms with Crippen molar-refractivity contribution in [3.63, 3.8) is 0 Å². The number of aromatic nitrogens is 1. The minimum absolute atomic E-state index is 0.129. The molecule has 0 aliphatic rings. The van der Waals surface area contributed by atoms with Crippen molar-refractivity contribution >= 4 is 17.9 Å². The van der Waals surface area contributed by atoms with Gasteiger partial charge in [0.2, 0.25) is 0 Å². The molecule has 18 heavy (non-hydrogen) atoms. The molecule has 1 atom stereocenters. The van der Waals surface area contributed by atoms with Gasteiger partial charge >= 0.3 is 5.97 Å². The van der Waals surface area contributed by atoms with E-state index in [-0.39, 0.29) is 13.0 Å². The molecule has 0 aliphatic carbocycles. The summed E-state index contributed by atoms with van der Waals surface area (Å²) in [5, 5.41) is 14.9. The Bertz CT molecular complexity index is 467. The van der Waals surface area contributed by atoms with Crippen LogP contribution in [0.25, 0.3) is 10.4 Å². The molecule has 0 saturated heterocycles. The number of rotatable bonds is 7. The molecule has 0 fully saturated rings. The maximum Gasteiger partial charge on any atom is 0.326 e. The molecule has 1 heterocycles. The molecule has 0 aromatic carbocycles. The van der Waals surface area contributed by atoms with E-state index < -0.39 is 12.0 Å². The molecule has 0 saturated carbocycles. The zero-order chi connectivity index (χ0) is 13.4. The number of carbonyl (C=O) groups is 2. The number of pyridine rings is 1. The van der Waals surface area contributed by atoms with Crippen molar-refractivity contribution in [2.75, 3.05) is 5.32 Å². The minimum atomic E-state index is -1.11. The summed E-state index contributed by atoms with van der Waals surface area (Å²) < 4.78 is 0. The number of azide groups is 1. The number of nitrogens with zero attached hydrogens (tertiary/aromatic N) is 4. The number of nitrogens with one attached hydrogen (secondary N) is 1. The smallest absolute Gasteiger partial charge is 0.326 e. The zero-order valence-corrected chi connectivity index (χ0v) is 9.35. The molecule has 0 spiro atoms. The highest BCUT2D eigenvalue weighted by atomic mass is 16.4. The fraction of sp³-hybridized carbons (Fsp3) is 0.300. The summed E-state index contributed by atoms with van der Waals surface area (Å²) in [4.78, 5) is 27.7. The molecule has 1 aromatic heterocycles. The first kappa shape index (κ1) is 13.5. The first-order valence-corrected chi connectivity index (χ1v) is 5.06. The van der Waals surface area contributed by atoms with Gasteiger partial charge < -0.3 is 15.2 Å². The number of carbonyl (C=O) groups excluding carboxylic acids is 1. The molecule has 1 rings (SSSR count). The average molecular weight is 249 g/mol. The highest BCUT2D eigenvalue weighted by molar-refractivity contribution is 5.80. The molecule has 8 nitrogen and oxygen atoms in total. The summed E-state index contributed by atoms with van der Waals surface area (Å²) in [6.07, 6.45) is 1.83. The maximum absolute atomic E-state index is 10.8. The van der Waals surface area contributed by atoms with Crippen LogP contribution in [0.2, 0.25) is 0 Å². The van der Waals surface area contributed by atoms with E-state index in [1.54, 1.807) is 12.1 Å². The van der Waals surface area contributed by atoms with Gasteiger partial charge in [-0.25, -0.2) is 4.79 Å². The van der Waals surface area contributed by atoms with Gasteiger partial charge in [0.25, 0.3) is 0 Å². The second kappa shape index (κ2) is 6.87. The third kappa shape index (κ3) is 4.11. The molecule has 2 N–H and O–H groups in total. The molecule has 0 aliphatic heterocycles. The van der Waals surface area contributed by atoms with Crippen molar-refractivity contribution in [2.24, 2.45) is 5.11 Å². The van der Waals surface area contributed by atoms with Crippen LogP contribution in [0.4, 0.5) is 5.69 Å². The Morgan fingerprint density at radius 3 is 2.94 bits per heavy atom. The standard InChI is InChI=1S/C10H11N5O3/c11-15-13-6-7-1-2-8(5-12-7)14-9(3-4-16)10(17)18/h1-2,4-5,9,14H,3,6H2,(H,17,18). The van der Waals surface area contributed by atoms with Crippen molar-refractivity contribution in [2.45, 2.75) is 19.0 Å². The first-order chi connectivity index (χ1) is 8.67. The van der Waals surface area contributed by atoms with E-state index in [1.165, 1.54) is 6.20 Å². The highest BCUT2D eigenvalue weighted by Crippen LogP contribution is 2.09. The molecule has 0 amide bonds. The first-order valence-electron chi connectivity index (χ1n) is 5.06. The van der Waals surface area contributed by atoms with Gasteiger partial charge in [0.1, 0.15) is 12.3 Å². The molecule has 94 valence electrons. The van der Waals surface area contributed by atoms with Gasteiger partial charge in [-0.15, -0.1) is 0 Å². The predicted octanol–water partition coefficient (Wildman–Crippen LogP) is 1.35. The molecular weight excluding hydrogens is 238 g/mol. The van der Waals surface area contributed by atoms with Crippen LogP contribution in [0.3, 0.4) is 0 Å². The molecule has 0 radical (unpaired) electrons. The molecule has 0 bridgehead atoms. The maximum atomic E-state index is 10.8. The topological polar surface area (TPSA) is 128 Å². The van der Waals surface area contributed by atoms with Crippen LogP contribution < -0.4 is 5.32 Å². The fourth-order valence-corrected chi connectivity index (χ4v) is 1.23. The largest absolute Gasteiger partial charge is 0.480 e. The summed E-state index contributed by atoms with van der Waals surface area (Å²) in [7, 11) is 0. The quantitative estimate of drug-likeness (QED) is 0.326. The lowest BCUT2D eigenvalue weighted by molar-refractivity contribution is -0.138. The Kier molecular flexibility index (Phi) is 5.14. The van der Waals surface area contributed by atoms with Crippen LogP contribution >= 0.6 is 0 Å². The number of hydrogen-bond acceptors (Lipinski definition) is 5. The van der Waals surface area contributed by atoms with Crippen molar-refractivity contribution in [3.05, 3.63) is 34.5 Å². The van der Waals surface area contributed by atoms with E-state index in [0.717, 1.165) is 0 Å². The molecule has 8 heteroatoms. The van der Waals surface area contributed by atoms with Gasteiger partial charge in [0.15, 0.2) is 0 Å². The van der Waals surface area contributed by atoms with E-state index in [9.17, 15) is 9.59 Å². The molecule has 1 unspecified atom stereocenters. The van der Waals surface area contributed by atoms with E-state index >= 15 is 0 Å². The van der Waals surface area contributed by atoms with Crippen molar-refractivity contribution < 1.29 is 14.7 Å². The Morgan fingerprint density at radius 1 is 1.67 bits per heavy atom. The van der Waals surface area contributed by atoms with Crippen LogP contribution in [0, 0.1) is 0 Å². The number of carboxylic acids is 1. The van der Waals surface area contributed by atoms with Gasteiger partial charge in [-0.1, -0.05) is 5.11 Å². The SMILES string of the molecule is [N-]=[N+]=NCc1ccc(NC(CC=O)C(=O)O)cn1. The number of aliphatic carboxylic acids is 1. The van der Waals surface area contributed by atoms with Gasteiger partial charge in [0, 0.05) is 17.0 Å². The lowest BCUT2D eigenvalue weighted by Gasteiger charge is -2.12. The minimum Gasteiger partial charge on any atom is -0.480 e. The Balaban J connectivity index is 2.69. The van der Waals surface area contributed by atoms with Crippen LogP contribution in [-0.4, -0.2) is 28.4 Å². The normalized spacial score (nSPS) is 11.1. The van der Waals surface area contributed by atoms with Crippen molar-refractivity contribution in [1.82, 2.24) is 4.98 Å². The summed E-state index contributed by atoms with van der Waals surface area (Å²) in [5.41, 5.74) is 9.19. The number of aldehydes is 1. The average Bonchev–Trinajstić information content (AvgIpc) is 2.37. The van der Waals surface area contributed by atoms with Gasteiger partial charge in [-0.2, -0.15) is 0 Å². The van der Waals surface area contributed by atoms with Crippen LogP contribution in [0.5, 0.6) is 0 Å². The second-order valence-electron chi connectivity index (χ2n) is 3.36. The Morgan fingerprint density at radius 2 is 2.44 bits per heavy atom. The fourth-order valence-electron chi connectivity index (χ4n) is 1.23. The van der Waals surface area contributed by atoms with Crippen molar-refractivity contribution in [1.29, 1.82) is 0 Å². The predicted molar refractivity (Wildman–Crippen MR) is 62.8 cm³/mol. The summed E-state index contributed by atoms with van der Waals surface area (Å²) in [5.74, 6) is -1.11. The lowest BCUT2D eigenvalue weighted by atomic mass is 10.2. The van der Waals surface area contributed by atoms with Gasteiger partial charge in [-0.05, 0) is 17.7 Å². The van der Waals surface area contributed by atoms with E-state index in [2.05, 4.69) is 20.3 Å².